The van der Waals surface area contributed by atoms with E-state index in [-0.39, 0.29) is 23.5 Å². The molecule has 2 unspecified atom stereocenters. The monoisotopic (exact) mass is 371 g/mol. The first-order chi connectivity index (χ1) is 12.5. The summed E-state index contributed by atoms with van der Waals surface area (Å²) in [6, 6.07) is 10.7. The summed E-state index contributed by atoms with van der Waals surface area (Å²) >= 11 is 0. The number of sulfonamides is 1. The first-order valence-corrected chi connectivity index (χ1v) is 9.98. The summed E-state index contributed by atoms with van der Waals surface area (Å²) in [5.41, 5.74) is 3.32. The van der Waals surface area contributed by atoms with Gasteiger partial charge in [-0.05, 0) is 42.2 Å². The maximum absolute atomic E-state index is 12.9. The summed E-state index contributed by atoms with van der Waals surface area (Å²) in [6.45, 7) is -0.120. The summed E-state index contributed by atoms with van der Waals surface area (Å²) < 4.78 is 33.8. The topological polar surface area (TPSA) is 96.5 Å². The lowest BCUT2D eigenvalue weighted by atomic mass is 9.91. The minimum Gasteiger partial charge on any atom is -0.482 e. The van der Waals surface area contributed by atoms with E-state index in [1.54, 1.807) is 12.1 Å². The van der Waals surface area contributed by atoms with Crippen molar-refractivity contribution in [3.8, 4) is 5.75 Å². The molecule has 0 spiro atoms. The van der Waals surface area contributed by atoms with Crippen LogP contribution < -0.4 is 20.1 Å². The Hall–Kier alpha value is -2.58. The van der Waals surface area contributed by atoms with Crippen molar-refractivity contribution in [1.29, 1.82) is 0 Å². The Morgan fingerprint density at radius 1 is 1.12 bits per heavy atom. The molecule has 134 valence electrons. The summed E-state index contributed by atoms with van der Waals surface area (Å²) in [4.78, 5) is 11.4. The van der Waals surface area contributed by atoms with Gasteiger partial charge >= 0.3 is 0 Å². The van der Waals surface area contributed by atoms with Gasteiger partial charge in [-0.3, -0.25) is 9.52 Å². The number of ether oxygens (including phenoxy) is 1. The van der Waals surface area contributed by atoms with Crippen molar-refractivity contribution in [2.75, 3.05) is 16.6 Å². The van der Waals surface area contributed by atoms with Crippen LogP contribution in [0.2, 0.25) is 0 Å². The Labute approximate surface area is 150 Å². The molecule has 8 heteroatoms. The fourth-order valence-electron chi connectivity index (χ4n) is 4.01. The molecule has 5 rings (SSSR count). The number of nitrogens with one attached hydrogen (secondary N) is 3. The molecule has 0 radical (unpaired) electrons. The second kappa shape index (κ2) is 5.46. The number of carbonyl (C=O) groups is 1. The summed E-state index contributed by atoms with van der Waals surface area (Å²) in [6.07, 6.45) is 2.10. The van der Waals surface area contributed by atoms with E-state index >= 15 is 0 Å². The van der Waals surface area contributed by atoms with E-state index in [0.29, 0.717) is 23.2 Å². The molecular weight excluding hydrogens is 354 g/mol. The minimum absolute atomic E-state index is 0.0983. The molecule has 0 aliphatic carbocycles. The number of benzene rings is 2. The highest BCUT2D eigenvalue weighted by atomic mass is 32.2. The van der Waals surface area contributed by atoms with Crippen molar-refractivity contribution < 1.29 is 17.9 Å². The van der Waals surface area contributed by atoms with E-state index < -0.39 is 10.0 Å². The van der Waals surface area contributed by atoms with Crippen LogP contribution in [-0.2, 0) is 14.8 Å². The molecule has 0 aromatic heterocycles. The normalized spacial score (nSPS) is 23.0. The third-order valence-corrected chi connectivity index (χ3v) is 6.51. The van der Waals surface area contributed by atoms with Crippen molar-refractivity contribution >= 4 is 27.3 Å². The molecule has 0 saturated carbocycles. The number of carbonyl (C=O) groups excluding carboxylic acids is 1. The first kappa shape index (κ1) is 15.7. The van der Waals surface area contributed by atoms with Gasteiger partial charge in [-0.1, -0.05) is 12.1 Å². The molecule has 26 heavy (non-hydrogen) atoms. The summed E-state index contributed by atoms with van der Waals surface area (Å²) in [7, 11) is -3.77. The minimum atomic E-state index is -3.77. The number of rotatable bonds is 3. The van der Waals surface area contributed by atoms with Crippen LogP contribution in [-0.4, -0.2) is 20.9 Å². The zero-order valence-electron chi connectivity index (χ0n) is 13.8. The lowest BCUT2D eigenvalue weighted by Crippen LogP contribution is -2.25. The van der Waals surface area contributed by atoms with Crippen LogP contribution in [0.5, 0.6) is 5.75 Å². The quantitative estimate of drug-likeness (QED) is 0.769. The maximum Gasteiger partial charge on any atom is 0.262 e. The van der Waals surface area contributed by atoms with Gasteiger partial charge < -0.3 is 15.4 Å². The molecule has 1 saturated heterocycles. The van der Waals surface area contributed by atoms with Crippen molar-refractivity contribution in [3.63, 3.8) is 0 Å². The van der Waals surface area contributed by atoms with Crippen LogP contribution in [0, 0.1) is 0 Å². The smallest absolute Gasteiger partial charge is 0.262 e. The molecule has 3 aliphatic heterocycles. The first-order valence-electron chi connectivity index (χ1n) is 8.50. The predicted octanol–water partition coefficient (Wildman–Crippen LogP) is 2.30. The van der Waals surface area contributed by atoms with E-state index in [2.05, 4.69) is 21.4 Å². The van der Waals surface area contributed by atoms with Crippen molar-refractivity contribution in [2.45, 2.75) is 29.8 Å². The standard InChI is InChI=1S/C18H17N3O4S/c22-17-9-25-16-8-10(4-5-13(16)20-17)26(23,24)21-15-3-1-2-11-12-6-7-14(19-12)18(11)15/h1-5,8,12,14,19,21H,6-7,9H2,(H,20,22). The molecule has 2 aromatic carbocycles. The lowest BCUT2D eigenvalue weighted by molar-refractivity contribution is -0.118. The van der Waals surface area contributed by atoms with E-state index in [4.69, 9.17) is 4.74 Å². The van der Waals surface area contributed by atoms with E-state index in [1.807, 2.05) is 6.07 Å². The van der Waals surface area contributed by atoms with Crippen LogP contribution in [0.15, 0.2) is 41.3 Å². The second-order valence-electron chi connectivity index (χ2n) is 6.76. The third-order valence-electron chi connectivity index (χ3n) is 5.15. The fourth-order valence-corrected chi connectivity index (χ4v) is 5.10. The Bertz CT molecular complexity index is 1030. The van der Waals surface area contributed by atoms with E-state index in [0.717, 1.165) is 18.4 Å². The van der Waals surface area contributed by atoms with Gasteiger partial charge in [-0.15, -0.1) is 0 Å². The molecule has 3 N–H and O–H groups in total. The van der Waals surface area contributed by atoms with Crippen molar-refractivity contribution in [3.05, 3.63) is 47.5 Å². The zero-order valence-corrected chi connectivity index (χ0v) is 14.6. The van der Waals surface area contributed by atoms with Gasteiger partial charge in [0, 0.05) is 18.2 Å². The largest absolute Gasteiger partial charge is 0.482 e. The highest BCUT2D eigenvalue weighted by Crippen LogP contribution is 2.48. The molecular formula is C18H17N3O4S. The summed E-state index contributed by atoms with van der Waals surface area (Å²) in [5.74, 6) is 0.0973. The Kier molecular flexibility index (Phi) is 3.29. The highest BCUT2D eigenvalue weighted by molar-refractivity contribution is 7.92. The molecule has 2 bridgehead atoms. The predicted molar refractivity (Wildman–Crippen MR) is 95.7 cm³/mol. The molecule has 7 nitrogen and oxygen atoms in total. The van der Waals surface area contributed by atoms with Crippen LogP contribution in [0.4, 0.5) is 11.4 Å². The van der Waals surface area contributed by atoms with Gasteiger partial charge in [0.2, 0.25) is 0 Å². The molecule has 1 fully saturated rings. The van der Waals surface area contributed by atoms with Gasteiger partial charge in [0.25, 0.3) is 15.9 Å². The average molecular weight is 371 g/mol. The number of hydrogen-bond donors (Lipinski definition) is 3. The molecule has 2 aromatic rings. The SMILES string of the molecule is O=C1COc2cc(S(=O)(=O)Nc3cccc4c3C3CCC4N3)ccc2N1. The van der Waals surface area contributed by atoms with E-state index in [1.165, 1.54) is 17.7 Å². The van der Waals surface area contributed by atoms with E-state index in [9.17, 15) is 13.2 Å². The van der Waals surface area contributed by atoms with Crippen molar-refractivity contribution in [1.82, 2.24) is 5.32 Å². The zero-order chi connectivity index (χ0) is 17.9. The van der Waals surface area contributed by atoms with Gasteiger partial charge in [-0.25, -0.2) is 8.42 Å². The average Bonchev–Trinajstić information content (AvgIpc) is 3.23. The van der Waals surface area contributed by atoms with Crippen LogP contribution in [0.3, 0.4) is 0 Å². The maximum atomic E-state index is 12.9. The van der Waals surface area contributed by atoms with Crippen LogP contribution in [0.1, 0.15) is 36.1 Å². The van der Waals surface area contributed by atoms with Gasteiger partial charge in [0.15, 0.2) is 6.61 Å². The highest BCUT2D eigenvalue weighted by Gasteiger charge is 2.38. The van der Waals surface area contributed by atoms with Crippen molar-refractivity contribution in [2.24, 2.45) is 0 Å². The Morgan fingerprint density at radius 2 is 1.96 bits per heavy atom. The van der Waals surface area contributed by atoms with Gasteiger partial charge in [0.1, 0.15) is 5.75 Å². The van der Waals surface area contributed by atoms with Gasteiger partial charge in [0.05, 0.1) is 16.3 Å². The summed E-state index contributed by atoms with van der Waals surface area (Å²) in [5, 5.41) is 6.16. The third kappa shape index (κ3) is 2.37. The second-order valence-corrected chi connectivity index (χ2v) is 8.44. The van der Waals surface area contributed by atoms with Crippen LogP contribution in [0.25, 0.3) is 0 Å². The number of anilines is 2. The number of amides is 1. The Balaban J connectivity index is 1.49. The number of hydrogen-bond acceptors (Lipinski definition) is 5. The van der Waals surface area contributed by atoms with Gasteiger partial charge in [-0.2, -0.15) is 0 Å². The number of fused-ring (bicyclic) bond motifs is 6. The molecule has 2 atom stereocenters. The lowest BCUT2D eigenvalue weighted by Gasteiger charge is -2.20. The molecule has 3 aliphatic rings. The molecule has 1 amide bonds. The Morgan fingerprint density at radius 3 is 2.85 bits per heavy atom. The fraction of sp³-hybridized carbons (Fsp3) is 0.278. The molecule has 3 heterocycles. The van der Waals surface area contributed by atoms with Crippen LogP contribution >= 0.6 is 0 Å².